The molecule has 0 fully saturated rings. The molecule has 0 amide bonds. The minimum Gasteiger partial charge on any atom is -0.0683 e. The lowest BCUT2D eigenvalue weighted by atomic mass is 9.88. The summed E-state index contributed by atoms with van der Waals surface area (Å²) in [6.07, 6.45) is 8.19. The number of hydrogen-bond donors (Lipinski definition) is 0. The third-order valence-electron chi connectivity index (χ3n) is 2.73. The second kappa shape index (κ2) is 30.2. The number of unbranched alkanes of at least 4 members (excludes halogenated alkanes) is 1. The second-order valence-electron chi connectivity index (χ2n) is 4.59. The number of hydrogen-bond acceptors (Lipinski definition) is 0. The molecule has 0 heteroatoms. The van der Waals surface area contributed by atoms with Gasteiger partial charge in [0.1, 0.15) is 0 Å². The maximum Gasteiger partial charge on any atom is -0.0417 e. The van der Waals surface area contributed by atoms with Crippen LogP contribution in [0.1, 0.15) is 108 Å². The Labute approximate surface area is 120 Å². The van der Waals surface area contributed by atoms with Gasteiger partial charge in [-0.05, 0) is 11.8 Å². The van der Waals surface area contributed by atoms with Gasteiger partial charge in [-0.2, -0.15) is 0 Å². The molecule has 0 saturated carbocycles. The molecule has 0 nitrogen and oxygen atoms in total. The first kappa shape index (κ1) is 26.5. The van der Waals surface area contributed by atoms with E-state index in [1.54, 1.807) is 0 Å². The van der Waals surface area contributed by atoms with E-state index in [1.807, 2.05) is 27.7 Å². The Morgan fingerprint density at radius 2 is 0.944 bits per heavy atom. The number of rotatable bonds is 6. The van der Waals surface area contributed by atoms with Crippen LogP contribution in [0.15, 0.2) is 0 Å². The average Bonchev–Trinajstić information content (AvgIpc) is 2.41. The Kier molecular flexibility index (Phi) is 44.6. The van der Waals surface area contributed by atoms with Crippen molar-refractivity contribution in [1.29, 1.82) is 0 Å². The highest BCUT2D eigenvalue weighted by atomic mass is 14.1. The fourth-order valence-electron chi connectivity index (χ4n) is 1.55. The van der Waals surface area contributed by atoms with Crippen LogP contribution < -0.4 is 0 Å². The van der Waals surface area contributed by atoms with Crippen LogP contribution in [0.25, 0.3) is 0 Å². The highest BCUT2D eigenvalue weighted by Gasteiger charge is 2.09. The molecule has 2 unspecified atom stereocenters. The molecule has 0 aromatic carbocycles. The fourth-order valence-corrected chi connectivity index (χ4v) is 1.55. The quantitative estimate of drug-likeness (QED) is 0.458. The van der Waals surface area contributed by atoms with Crippen LogP contribution in [-0.2, 0) is 0 Å². The third kappa shape index (κ3) is 29.8. The highest BCUT2D eigenvalue weighted by Crippen LogP contribution is 2.21. The van der Waals surface area contributed by atoms with E-state index in [0.29, 0.717) is 0 Å². The van der Waals surface area contributed by atoms with E-state index in [2.05, 4.69) is 41.5 Å². The van der Waals surface area contributed by atoms with E-state index in [0.717, 1.165) is 11.8 Å². The summed E-state index contributed by atoms with van der Waals surface area (Å²) in [6, 6.07) is 0. The summed E-state index contributed by atoms with van der Waals surface area (Å²) in [6.45, 7) is 21.6. The molecule has 0 rings (SSSR count). The summed E-state index contributed by atoms with van der Waals surface area (Å²) in [7, 11) is 0. The highest BCUT2D eigenvalue weighted by molar-refractivity contribution is 4.61. The second-order valence-corrected chi connectivity index (χ2v) is 4.59. The zero-order valence-corrected chi connectivity index (χ0v) is 15.4. The molecular weight excluding hydrogens is 216 g/mol. The van der Waals surface area contributed by atoms with Crippen molar-refractivity contribution >= 4 is 0 Å². The minimum atomic E-state index is 0.937. The van der Waals surface area contributed by atoms with E-state index in [4.69, 9.17) is 0 Å². The SMILES string of the molecule is CC.CC.CCC.CCCCC(C)C(C)CCC. The van der Waals surface area contributed by atoms with Gasteiger partial charge in [0.15, 0.2) is 0 Å². The van der Waals surface area contributed by atoms with Crippen molar-refractivity contribution in [3.8, 4) is 0 Å². The van der Waals surface area contributed by atoms with Gasteiger partial charge in [-0.1, -0.05) is 108 Å². The van der Waals surface area contributed by atoms with E-state index in [1.165, 1.54) is 38.5 Å². The van der Waals surface area contributed by atoms with Crippen molar-refractivity contribution in [2.24, 2.45) is 11.8 Å². The van der Waals surface area contributed by atoms with Gasteiger partial charge in [-0.15, -0.1) is 0 Å². The van der Waals surface area contributed by atoms with Gasteiger partial charge >= 0.3 is 0 Å². The van der Waals surface area contributed by atoms with Gasteiger partial charge in [-0.25, -0.2) is 0 Å². The molecule has 0 aliphatic heterocycles. The van der Waals surface area contributed by atoms with Crippen molar-refractivity contribution in [1.82, 2.24) is 0 Å². The predicted octanol–water partition coefficient (Wildman–Crippen LogP) is 7.72. The lowest BCUT2D eigenvalue weighted by Crippen LogP contribution is -2.07. The Morgan fingerprint density at radius 1 is 0.611 bits per heavy atom. The van der Waals surface area contributed by atoms with Crippen LogP contribution in [0.5, 0.6) is 0 Å². The molecule has 0 aliphatic rings. The first-order chi connectivity index (χ1) is 8.63. The molecule has 0 saturated heterocycles. The maximum absolute atomic E-state index is 2.40. The van der Waals surface area contributed by atoms with Crippen LogP contribution in [0, 0.1) is 11.8 Å². The summed E-state index contributed by atoms with van der Waals surface area (Å²) >= 11 is 0. The van der Waals surface area contributed by atoms with Crippen molar-refractivity contribution in [2.75, 3.05) is 0 Å². The molecule has 0 heterocycles. The van der Waals surface area contributed by atoms with Gasteiger partial charge in [0.25, 0.3) is 0 Å². The lowest BCUT2D eigenvalue weighted by molar-refractivity contribution is 0.333. The largest absolute Gasteiger partial charge is 0.0683 e. The normalized spacial score (nSPS) is 11.7. The first-order valence-electron chi connectivity index (χ1n) is 8.63. The molecule has 0 radical (unpaired) electrons. The third-order valence-corrected chi connectivity index (χ3v) is 2.73. The zero-order chi connectivity index (χ0) is 15.4. The van der Waals surface area contributed by atoms with E-state index >= 15 is 0 Å². The van der Waals surface area contributed by atoms with Crippen molar-refractivity contribution < 1.29 is 0 Å². The summed E-state index contributed by atoms with van der Waals surface area (Å²) in [4.78, 5) is 0. The fraction of sp³-hybridized carbons (Fsp3) is 1.00. The molecule has 0 spiro atoms. The Hall–Kier alpha value is 0. The van der Waals surface area contributed by atoms with E-state index in [9.17, 15) is 0 Å². The van der Waals surface area contributed by atoms with Crippen LogP contribution >= 0.6 is 0 Å². The summed E-state index contributed by atoms with van der Waals surface area (Å²) < 4.78 is 0. The summed E-state index contributed by atoms with van der Waals surface area (Å²) in [5.41, 5.74) is 0. The molecule has 18 heavy (non-hydrogen) atoms. The monoisotopic (exact) mass is 260 g/mol. The van der Waals surface area contributed by atoms with Crippen molar-refractivity contribution in [2.45, 2.75) is 108 Å². The molecule has 0 aliphatic carbocycles. The van der Waals surface area contributed by atoms with Gasteiger partial charge < -0.3 is 0 Å². The van der Waals surface area contributed by atoms with Crippen LogP contribution in [0.4, 0.5) is 0 Å². The smallest absolute Gasteiger partial charge is 0.0417 e. The standard InChI is InChI=1S/C11H24.C3H8.2C2H6/c1-5-7-9-11(4)10(3)8-6-2;1-3-2;2*1-2/h10-11H,5-9H2,1-4H3;3H2,1-2H3;2*1-2H3. The first-order valence-corrected chi connectivity index (χ1v) is 8.63. The van der Waals surface area contributed by atoms with Gasteiger partial charge in [0.05, 0.1) is 0 Å². The van der Waals surface area contributed by atoms with Gasteiger partial charge in [0, 0.05) is 0 Å². The Bertz CT molecular complexity index is 86.0. The van der Waals surface area contributed by atoms with Crippen LogP contribution in [0.3, 0.4) is 0 Å². The zero-order valence-electron chi connectivity index (χ0n) is 15.4. The lowest BCUT2D eigenvalue weighted by Gasteiger charge is -2.18. The Morgan fingerprint density at radius 3 is 1.22 bits per heavy atom. The maximum atomic E-state index is 2.40. The van der Waals surface area contributed by atoms with Crippen LogP contribution in [0.2, 0.25) is 0 Å². The van der Waals surface area contributed by atoms with Crippen molar-refractivity contribution in [3.63, 3.8) is 0 Å². The molecule has 116 valence electrons. The van der Waals surface area contributed by atoms with Gasteiger partial charge in [-0.3, -0.25) is 0 Å². The minimum absolute atomic E-state index is 0.937. The van der Waals surface area contributed by atoms with Crippen molar-refractivity contribution in [3.05, 3.63) is 0 Å². The summed E-state index contributed by atoms with van der Waals surface area (Å²) in [5, 5.41) is 0. The molecule has 0 aromatic heterocycles. The van der Waals surface area contributed by atoms with E-state index < -0.39 is 0 Å². The topological polar surface area (TPSA) is 0 Å². The van der Waals surface area contributed by atoms with Gasteiger partial charge in [0.2, 0.25) is 0 Å². The molecule has 0 bridgehead atoms. The molecule has 0 N–H and O–H groups in total. The Balaban J connectivity index is -0.000000118. The molecule has 0 aromatic rings. The molecule has 2 atom stereocenters. The predicted molar refractivity (Wildman–Crippen MR) is 91.4 cm³/mol. The average molecular weight is 261 g/mol. The molecular formula is C18H44. The summed E-state index contributed by atoms with van der Waals surface area (Å²) in [5.74, 6) is 1.88. The van der Waals surface area contributed by atoms with Crippen LogP contribution in [-0.4, -0.2) is 0 Å². The van der Waals surface area contributed by atoms with E-state index in [-0.39, 0.29) is 0 Å².